The Bertz CT molecular complexity index is 398. The van der Waals surface area contributed by atoms with E-state index in [9.17, 15) is 18.3 Å². The Balaban J connectivity index is 2.29. The van der Waals surface area contributed by atoms with Crippen molar-refractivity contribution in [2.45, 2.75) is 30.7 Å². The molecule has 16 heavy (non-hydrogen) atoms. The van der Waals surface area contributed by atoms with Gasteiger partial charge in [0.05, 0.1) is 11.7 Å². The third-order valence-corrected chi connectivity index (χ3v) is 2.90. The third-order valence-electron chi connectivity index (χ3n) is 2.90. The van der Waals surface area contributed by atoms with Crippen LogP contribution in [0.15, 0.2) is 24.3 Å². The molecular formula is C11H12F3NO. The van der Waals surface area contributed by atoms with Crippen LogP contribution in [0.25, 0.3) is 0 Å². The van der Waals surface area contributed by atoms with Crippen LogP contribution >= 0.6 is 0 Å². The van der Waals surface area contributed by atoms with Gasteiger partial charge in [-0.2, -0.15) is 13.2 Å². The smallest absolute Gasteiger partial charge is 0.386 e. The van der Waals surface area contributed by atoms with Crippen molar-refractivity contribution in [1.82, 2.24) is 0 Å². The summed E-state index contributed by atoms with van der Waals surface area (Å²) in [6.45, 7) is 0. The molecule has 0 amide bonds. The van der Waals surface area contributed by atoms with Gasteiger partial charge in [0.15, 0.2) is 0 Å². The lowest BCUT2D eigenvalue weighted by atomic mass is 9.99. The number of aliphatic hydroxyl groups is 1. The van der Waals surface area contributed by atoms with Gasteiger partial charge >= 0.3 is 6.18 Å². The second-order valence-electron chi connectivity index (χ2n) is 4.26. The molecular weight excluding hydrogens is 219 g/mol. The van der Waals surface area contributed by atoms with Gasteiger partial charge < -0.3 is 10.8 Å². The maximum Gasteiger partial charge on any atom is 0.416 e. The maximum absolute atomic E-state index is 12.4. The van der Waals surface area contributed by atoms with Gasteiger partial charge in [-0.05, 0) is 30.5 Å². The van der Waals surface area contributed by atoms with E-state index in [1.165, 1.54) is 12.1 Å². The Kier molecular flexibility index (Phi) is 2.47. The summed E-state index contributed by atoms with van der Waals surface area (Å²) in [5, 5.41) is 9.82. The normalized spacial score (nSPS) is 20.6. The Morgan fingerprint density at radius 1 is 1.31 bits per heavy atom. The zero-order chi connectivity index (χ0) is 12.0. The van der Waals surface area contributed by atoms with Crippen molar-refractivity contribution in [3.05, 3.63) is 35.4 Å². The molecule has 5 heteroatoms. The quantitative estimate of drug-likeness (QED) is 0.819. The highest BCUT2D eigenvalue weighted by Gasteiger charge is 2.46. The van der Waals surface area contributed by atoms with Crippen LogP contribution in [0.3, 0.4) is 0 Å². The largest absolute Gasteiger partial charge is 0.416 e. The first-order valence-electron chi connectivity index (χ1n) is 4.97. The predicted molar refractivity (Wildman–Crippen MR) is 52.6 cm³/mol. The monoisotopic (exact) mass is 231 g/mol. The highest BCUT2D eigenvalue weighted by Crippen LogP contribution is 2.44. The molecule has 1 aromatic carbocycles. The van der Waals surface area contributed by atoms with Crippen LogP contribution in [0.2, 0.25) is 0 Å². The van der Waals surface area contributed by atoms with E-state index in [4.69, 9.17) is 5.73 Å². The number of hydrogen-bond donors (Lipinski definition) is 2. The minimum absolute atomic E-state index is 0.231. The van der Waals surface area contributed by atoms with E-state index >= 15 is 0 Å². The number of alkyl halides is 3. The number of hydrogen-bond acceptors (Lipinski definition) is 2. The molecule has 0 radical (unpaired) electrons. The molecule has 0 saturated heterocycles. The summed E-state index contributed by atoms with van der Waals surface area (Å²) in [7, 11) is 0. The van der Waals surface area contributed by atoms with Crippen molar-refractivity contribution in [3.8, 4) is 0 Å². The van der Waals surface area contributed by atoms with E-state index in [-0.39, 0.29) is 5.56 Å². The molecule has 0 heterocycles. The molecule has 0 aromatic heterocycles. The number of nitrogens with two attached hydrogens (primary N) is 1. The maximum atomic E-state index is 12.4. The third kappa shape index (κ3) is 2.05. The molecule has 0 spiro atoms. The Hall–Kier alpha value is -1.07. The fourth-order valence-electron chi connectivity index (χ4n) is 1.63. The van der Waals surface area contributed by atoms with E-state index in [1.54, 1.807) is 0 Å². The summed E-state index contributed by atoms with van der Waals surface area (Å²) >= 11 is 0. The highest BCUT2D eigenvalue weighted by molar-refractivity contribution is 5.30. The van der Waals surface area contributed by atoms with E-state index in [2.05, 4.69) is 0 Å². The van der Waals surface area contributed by atoms with Crippen LogP contribution in [0.4, 0.5) is 13.2 Å². The van der Waals surface area contributed by atoms with Crippen molar-refractivity contribution < 1.29 is 18.3 Å². The lowest BCUT2D eigenvalue weighted by Gasteiger charge is -2.19. The molecule has 0 bridgehead atoms. The zero-order valence-electron chi connectivity index (χ0n) is 8.46. The second-order valence-corrected chi connectivity index (χ2v) is 4.26. The first-order chi connectivity index (χ1) is 7.33. The minimum atomic E-state index is -4.39. The van der Waals surface area contributed by atoms with Crippen LogP contribution in [-0.4, -0.2) is 10.6 Å². The molecule has 2 nitrogen and oxygen atoms in total. The van der Waals surface area contributed by atoms with Gasteiger partial charge in [0, 0.05) is 5.54 Å². The van der Waals surface area contributed by atoms with Crippen molar-refractivity contribution in [1.29, 1.82) is 0 Å². The number of halogens is 3. The molecule has 1 fully saturated rings. The Morgan fingerprint density at radius 3 is 2.44 bits per heavy atom. The van der Waals surface area contributed by atoms with Crippen LogP contribution in [0, 0.1) is 0 Å². The van der Waals surface area contributed by atoms with Gasteiger partial charge in [-0.25, -0.2) is 0 Å². The first-order valence-corrected chi connectivity index (χ1v) is 4.97. The molecule has 1 atom stereocenters. The SMILES string of the molecule is NC1(C(O)c2cccc(C(F)(F)F)c2)CC1. The summed E-state index contributed by atoms with van der Waals surface area (Å²) in [5.41, 5.74) is 4.49. The molecule has 1 aromatic rings. The zero-order valence-corrected chi connectivity index (χ0v) is 8.46. The van der Waals surface area contributed by atoms with Crippen LogP contribution < -0.4 is 5.73 Å². The Morgan fingerprint density at radius 2 is 1.94 bits per heavy atom. The summed E-state index contributed by atoms with van der Waals surface area (Å²) < 4.78 is 37.3. The molecule has 1 aliphatic carbocycles. The molecule has 1 unspecified atom stereocenters. The van der Waals surface area contributed by atoms with Gasteiger partial charge in [0.1, 0.15) is 0 Å². The molecule has 1 aliphatic rings. The molecule has 3 N–H and O–H groups in total. The predicted octanol–water partition coefficient (Wildman–Crippen LogP) is 2.23. The van der Waals surface area contributed by atoms with Gasteiger partial charge in [-0.15, -0.1) is 0 Å². The Labute approximate surface area is 90.9 Å². The fraction of sp³-hybridized carbons (Fsp3) is 0.455. The fourth-order valence-corrected chi connectivity index (χ4v) is 1.63. The van der Waals surface area contributed by atoms with Gasteiger partial charge in [-0.1, -0.05) is 12.1 Å². The highest BCUT2D eigenvalue weighted by atomic mass is 19.4. The topological polar surface area (TPSA) is 46.2 Å². The molecule has 0 aliphatic heterocycles. The van der Waals surface area contributed by atoms with Crippen molar-refractivity contribution in [2.24, 2.45) is 5.73 Å². The number of benzene rings is 1. The van der Waals surface area contributed by atoms with Crippen molar-refractivity contribution >= 4 is 0 Å². The van der Waals surface area contributed by atoms with E-state index in [1.807, 2.05) is 0 Å². The molecule has 2 rings (SSSR count). The van der Waals surface area contributed by atoms with E-state index in [0.29, 0.717) is 12.8 Å². The van der Waals surface area contributed by atoms with Crippen molar-refractivity contribution in [3.63, 3.8) is 0 Å². The lowest BCUT2D eigenvalue weighted by molar-refractivity contribution is -0.137. The lowest BCUT2D eigenvalue weighted by Crippen LogP contribution is -2.30. The summed E-state index contributed by atoms with van der Waals surface area (Å²) in [4.78, 5) is 0. The molecule has 1 saturated carbocycles. The summed E-state index contributed by atoms with van der Waals surface area (Å²) in [6, 6.07) is 4.68. The first kappa shape index (κ1) is 11.4. The average Bonchev–Trinajstić information content (AvgIpc) is 2.96. The van der Waals surface area contributed by atoms with E-state index < -0.39 is 23.4 Å². The van der Waals surface area contributed by atoms with Crippen LogP contribution in [0.5, 0.6) is 0 Å². The second kappa shape index (κ2) is 3.46. The van der Waals surface area contributed by atoms with Crippen LogP contribution in [0.1, 0.15) is 30.1 Å². The number of rotatable bonds is 2. The van der Waals surface area contributed by atoms with Gasteiger partial charge in [0.25, 0.3) is 0 Å². The standard InChI is InChI=1S/C11H12F3NO/c12-11(13,14)8-3-1-2-7(6-8)9(16)10(15)4-5-10/h1-3,6,9,16H,4-5,15H2. The molecule has 88 valence electrons. The van der Waals surface area contributed by atoms with E-state index in [0.717, 1.165) is 12.1 Å². The summed E-state index contributed by atoms with van der Waals surface area (Å²) in [5.74, 6) is 0. The summed E-state index contributed by atoms with van der Waals surface area (Å²) in [6.07, 6.45) is -4.12. The number of aliphatic hydroxyl groups excluding tert-OH is 1. The van der Waals surface area contributed by atoms with Crippen molar-refractivity contribution in [2.75, 3.05) is 0 Å². The minimum Gasteiger partial charge on any atom is -0.386 e. The average molecular weight is 231 g/mol. The van der Waals surface area contributed by atoms with Gasteiger partial charge in [-0.3, -0.25) is 0 Å². The van der Waals surface area contributed by atoms with Crippen LogP contribution in [-0.2, 0) is 6.18 Å². The van der Waals surface area contributed by atoms with Gasteiger partial charge in [0.2, 0.25) is 0 Å².